The molecule has 0 radical (unpaired) electrons. The highest BCUT2D eigenvalue weighted by molar-refractivity contribution is 6.11. The lowest BCUT2D eigenvalue weighted by atomic mass is 10.0. The van der Waals surface area contributed by atoms with E-state index in [1.807, 2.05) is 24.3 Å². The summed E-state index contributed by atoms with van der Waals surface area (Å²) in [5.41, 5.74) is 6.70. The van der Waals surface area contributed by atoms with Crippen LogP contribution in [-0.4, -0.2) is 49.6 Å². The van der Waals surface area contributed by atoms with Crippen molar-refractivity contribution in [3.8, 4) is 34.1 Å². The fraction of sp³-hybridized carbons (Fsp3) is 0.385. The van der Waals surface area contributed by atoms with Gasteiger partial charge in [0, 0.05) is 21.9 Å². The second kappa shape index (κ2) is 22.8. The van der Waals surface area contributed by atoms with E-state index in [-0.39, 0.29) is 26.4 Å². The van der Waals surface area contributed by atoms with Crippen LogP contribution in [0.1, 0.15) is 121 Å². The van der Waals surface area contributed by atoms with Gasteiger partial charge in [-0.2, -0.15) is 0 Å². The average Bonchev–Trinajstić information content (AvgIpc) is 3.89. The van der Waals surface area contributed by atoms with Crippen LogP contribution in [0.5, 0.6) is 11.5 Å². The van der Waals surface area contributed by atoms with Gasteiger partial charge in [-0.25, -0.2) is 9.59 Å². The zero-order valence-corrected chi connectivity index (χ0v) is 36.6. The van der Waals surface area contributed by atoms with Crippen molar-refractivity contribution in [2.75, 3.05) is 27.4 Å². The summed E-state index contributed by atoms with van der Waals surface area (Å²) in [6.45, 7) is 4.42. The third kappa shape index (κ3) is 11.2. The number of ether oxygens (including phenoxy) is 4. The van der Waals surface area contributed by atoms with Gasteiger partial charge in [0.1, 0.15) is 22.6 Å². The number of hydrogen-bond acceptors (Lipinski definition) is 10. The highest BCUT2D eigenvalue weighted by Gasteiger charge is 2.28. The second-order valence-corrected chi connectivity index (χ2v) is 15.6. The molecule has 0 amide bonds. The maximum absolute atomic E-state index is 13.7. The number of furan rings is 2. The number of aryl methyl sites for hydroxylation is 2. The molecule has 0 unspecified atom stereocenters. The number of methoxy groups -OCH3 is 2. The molecule has 10 nitrogen and oxygen atoms in total. The average molecular weight is 845 g/mol. The molecule has 2 N–H and O–H groups in total. The van der Waals surface area contributed by atoms with Gasteiger partial charge in [-0.05, 0) is 111 Å². The van der Waals surface area contributed by atoms with Gasteiger partial charge in [0.05, 0.1) is 40.6 Å². The Morgan fingerprint density at radius 1 is 0.548 bits per heavy atom. The van der Waals surface area contributed by atoms with E-state index < -0.39 is 11.9 Å². The lowest BCUT2D eigenvalue weighted by Crippen LogP contribution is -2.07. The molecule has 0 aliphatic carbocycles. The largest absolute Gasteiger partial charge is 0.493 e. The maximum Gasteiger partial charge on any atom is 0.342 e. The molecule has 0 spiro atoms. The first-order chi connectivity index (χ1) is 30.3. The molecule has 4 aromatic carbocycles. The van der Waals surface area contributed by atoms with Crippen molar-refractivity contribution in [3.05, 3.63) is 118 Å². The minimum Gasteiger partial charge on any atom is -0.493 e. The summed E-state index contributed by atoms with van der Waals surface area (Å²) in [5, 5.41) is 20.9. The Morgan fingerprint density at radius 3 is 1.31 bits per heavy atom. The quantitative estimate of drug-likeness (QED) is 0.0344. The Balaban J connectivity index is 0.988. The van der Waals surface area contributed by atoms with Crippen LogP contribution in [0, 0.1) is 0 Å². The molecule has 328 valence electrons. The topological polar surface area (TPSA) is 138 Å². The number of benzene rings is 4. The van der Waals surface area contributed by atoms with Crippen LogP contribution in [0.25, 0.3) is 44.6 Å². The summed E-state index contributed by atoms with van der Waals surface area (Å²) in [7, 11) is 3.07. The van der Waals surface area contributed by atoms with E-state index in [4.69, 9.17) is 27.8 Å². The van der Waals surface area contributed by atoms with Gasteiger partial charge in [0.15, 0.2) is 22.7 Å². The maximum atomic E-state index is 13.7. The van der Waals surface area contributed by atoms with Gasteiger partial charge < -0.3 is 38.0 Å². The number of aliphatic hydroxyl groups is 2. The number of esters is 2. The molecule has 6 rings (SSSR count). The number of aliphatic hydroxyl groups excluding tert-OH is 2. The molecule has 0 aliphatic heterocycles. The van der Waals surface area contributed by atoms with Gasteiger partial charge in [-0.15, -0.1) is 0 Å². The first-order valence-electron chi connectivity index (χ1n) is 22.0. The van der Waals surface area contributed by atoms with Crippen molar-refractivity contribution in [1.82, 2.24) is 0 Å². The summed E-state index contributed by atoms with van der Waals surface area (Å²) in [6, 6.07) is 23.1. The lowest BCUT2D eigenvalue weighted by Gasteiger charge is -2.07. The Hall–Kier alpha value is -5.84. The smallest absolute Gasteiger partial charge is 0.342 e. The fourth-order valence-corrected chi connectivity index (χ4v) is 7.59. The number of allylic oxidation sites excluding steroid dienone is 2. The van der Waals surface area contributed by atoms with Crippen LogP contribution in [0.15, 0.2) is 93.8 Å². The molecule has 0 atom stereocenters. The number of unbranched alkanes of at least 4 members (excludes halogenated alkanes) is 6. The summed E-state index contributed by atoms with van der Waals surface area (Å²) in [6.07, 6.45) is 15.4. The Kier molecular flexibility index (Phi) is 16.8. The van der Waals surface area contributed by atoms with E-state index in [0.717, 1.165) is 75.3 Å². The fourth-order valence-electron chi connectivity index (χ4n) is 7.59. The highest BCUT2D eigenvalue weighted by Crippen LogP contribution is 2.41. The molecular weight excluding hydrogens is 785 g/mol. The van der Waals surface area contributed by atoms with Crippen molar-refractivity contribution in [2.24, 2.45) is 0 Å². The van der Waals surface area contributed by atoms with Crippen molar-refractivity contribution >= 4 is 33.9 Å². The normalized spacial score (nSPS) is 11.5. The predicted molar refractivity (Wildman–Crippen MR) is 243 cm³/mol. The summed E-state index contributed by atoms with van der Waals surface area (Å²) < 4.78 is 35.3. The number of hydrogen-bond donors (Lipinski definition) is 2. The van der Waals surface area contributed by atoms with Crippen LogP contribution in [0.3, 0.4) is 0 Å². The molecule has 0 aliphatic rings. The Morgan fingerprint density at radius 2 is 0.952 bits per heavy atom. The minimum atomic E-state index is -0.481. The van der Waals surface area contributed by atoms with Crippen molar-refractivity contribution in [3.63, 3.8) is 0 Å². The van der Waals surface area contributed by atoms with Gasteiger partial charge >= 0.3 is 11.9 Å². The summed E-state index contributed by atoms with van der Waals surface area (Å²) >= 11 is 0. The van der Waals surface area contributed by atoms with Crippen LogP contribution in [-0.2, 0) is 35.5 Å². The number of carbonyl (C=O) groups is 2. The molecule has 0 bridgehead atoms. The van der Waals surface area contributed by atoms with E-state index >= 15 is 0 Å². The summed E-state index contributed by atoms with van der Waals surface area (Å²) in [4.78, 5) is 27.3. The van der Waals surface area contributed by atoms with Crippen LogP contribution >= 0.6 is 0 Å². The molecule has 0 saturated carbocycles. The predicted octanol–water partition coefficient (Wildman–Crippen LogP) is 12.1. The molecule has 2 heterocycles. The zero-order chi connectivity index (χ0) is 43.8. The molecule has 0 saturated heterocycles. The summed E-state index contributed by atoms with van der Waals surface area (Å²) in [5.74, 6) is 0.748. The Labute approximate surface area is 364 Å². The third-order valence-electron chi connectivity index (χ3n) is 11.1. The third-order valence-corrected chi connectivity index (χ3v) is 11.1. The molecule has 2 aromatic heterocycles. The van der Waals surface area contributed by atoms with E-state index in [1.54, 1.807) is 24.3 Å². The van der Waals surface area contributed by atoms with Gasteiger partial charge in [0.2, 0.25) is 0 Å². The highest BCUT2D eigenvalue weighted by atomic mass is 16.5. The standard InChI is InChI=1S/C52H60O10/c1-5-7-17-35-19-23-39(24-20-35)47-45(41-29-37(33-53)31-43(57-3)49(41)61-47)51(55)59-27-15-13-11-9-10-12-14-16-28-60-52(56)46-42-30-38(34-54)32-44(58-4)50(42)62-48(46)40-25-21-36(22-26-40)18-8-6-2/h9-10,19-26,29-32,53-54H,5-8,11-18,27-28,33-34H2,1-4H3. The SMILES string of the molecule is CCCCc1ccc(-c2oc3c(OC)cc(CO)cc3c2C(=O)OCCCCC=CCCCCOC(=O)c2c(-c3ccc(CCCC)cc3)oc3c(OC)cc(CO)cc23)cc1. The van der Waals surface area contributed by atoms with Gasteiger partial charge in [-0.1, -0.05) is 87.4 Å². The number of rotatable bonds is 24. The molecule has 0 fully saturated rings. The van der Waals surface area contributed by atoms with E-state index in [2.05, 4.69) is 50.3 Å². The van der Waals surface area contributed by atoms with Crippen molar-refractivity contribution in [2.45, 2.75) is 104 Å². The number of fused-ring (bicyclic) bond motifs is 2. The molecule has 62 heavy (non-hydrogen) atoms. The first kappa shape index (κ1) is 45.7. The number of carbonyl (C=O) groups excluding carboxylic acids is 2. The second-order valence-electron chi connectivity index (χ2n) is 15.6. The minimum absolute atomic E-state index is 0.211. The zero-order valence-electron chi connectivity index (χ0n) is 36.6. The molecule has 10 heteroatoms. The monoisotopic (exact) mass is 844 g/mol. The lowest BCUT2D eigenvalue weighted by molar-refractivity contribution is 0.0491. The Bertz CT molecular complexity index is 2250. The first-order valence-corrected chi connectivity index (χ1v) is 22.0. The van der Waals surface area contributed by atoms with Crippen molar-refractivity contribution in [1.29, 1.82) is 0 Å². The van der Waals surface area contributed by atoms with Crippen LogP contribution < -0.4 is 9.47 Å². The van der Waals surface area contributed by atoms with E-state index in [0.29, 0.717) is 80.1 Å². The van der Waals surface area contributed by atoms with Crippen LogP contribution in [0.2, 0.25) is 0 Å². The van der Waals surface area contributed by atoms with E-state index in [1.165, 1.54) is 25.3 Å². The van der Waals surface area contributed by atoms with Gasteiger partial charge in [-0.3, -0.25) is 0 Å². The van der Waals surface area contributed by atoms with Gasteiger partial charge in [0.25, 0.3) is 0 Å². The molecular formula is C52H60O10. The van der Waals surface area contributed by atoms with Crippen molar-refractivity contribution < 1.29 is 47.6 Å². The van der Waals surface area contributed by atoms with E-state index in [9.17, 15) is 19.8 Å². The molecule has 6 aromatic rings. The van der Waals surface area contributed by atoms with Crippen LogP contribution in [0.4, 0.5) is 0 Å².